The van der Waals surface area contributed by atoms with Crippen molar-refractivity contribution in [2.24, 2.45) is 0 Å². The Labute approximate surface area is 128 Å². The zero-order chi connectivity index (χ0) is 15.5. The zero-order valence-corrected chi connectivity index (χ0v) is 12.5. The summed E-state index contributed by atoms with van der Waals surface area (Å²) in [5.41, 5.74) is 0.328. The Morgan fingerprint density at radius 3 is 2.50 bits per heavy atom. The Hall–Kier alpha value is -1.89. The van der Waals surface area contributed by atoms with Crippen LogP contribution in [0.2, 0.25) is 0 Å². The van der Waals surface area contributed by atoms with Crippen LogP contribution in [-0.2, 0) is 6.54 Å². The minimum atomic E-state index is -0.450. The Kier molecular flexibility index (Phi) is 4.42. The molecule has 0 aliphatic carbocycles. The lowest BCUT2D eigenvalue weighted by atomic mass is 10.1. The summed E-state index contributed by atoms with van der Waals surface area (Å²) in [6.45, 7) is 5.23. The van der Waals surface area contributed by atoms with E-state index in [-0.39, 0.29) is 12.4 Å². The molecule has 0 unspecified atom stereocenters. The third-order valence-corrected chi connectivity index (χ3v) is 4.43. The van der Waals surface area contributed by atoms with E-state index in [9.17, 15) is 9.90 Å². The van der Waals surface area contributed by atoms with Gasteiger partial charge in [0.05, 0.1) is 12.0 Å². The lowest BCUT2D eigenvalue weighted by molar-refractivity contribution is -1.02. The third-order valence-electron chi connectivity index (χ3n) is 4.43. The molecule has 6 heteroatoms. The van der Waals surface area contributed by atoms with Crippen LogP contribution in [-0.4, -0.2) is 49.5 Å². The zero-order valence-electron chi connectivity index (χ0n) is 12.5. The van der Waals surface area contributed by atoms with Crippen molar-refractivity contribution in [2.75, 3.05) is 39.3 Å². The standard InChI is InChI=1S/C16H20N2O4/c19-10-9-17-5-7-18(8-6-17)11-13-15(20)12-3-1-2-4-14(12)22-16(13)21/h1-4,19-20H,5-11H2/p+2. The van der Waals surface area contributed by atoms with Gasteiger partial charge >= 0.3 is 5.63 Å². The van der Waals surface area contributed by atoms with Crippen molar-refractivity contribution in [3.8, 4) is 5.75 Å². The maximum absolute atomic E-state index is 12.1. The predicted molar refractivity (Wildman–Crippen MR) is 81.2 cm³/mol. The van der Waals surface area contributed by atoms with Crippen molar-refractivity contribution in [3.05, 3.63) is 40.2 Å². The van der Waals surface area contributed by atoms with Crippen LogP contribution in [0, 0.1) is 0 Å². The number of rotatable bonds is 4. The van der Waals surface area contributed by atoms with Gasteiger partial charge in [-0.1, -0.05) is 12.1 Å². The first kappa shape index (κ1) is 15.0. The van der Waals surface area contributed by atoms with Crippen molar-refractivity contribution in [2.45, 2.75) is 6.54 Å². The molecule has 0 saturated carbocycles. The molecule has 3 rings (SSSR count). The first-order chi connectivity index (χ1) is 10.7. The number of para-hydroxylation sites is 1. The third kappa shape index (κ3) is 2.99. The molecule has 0 spiro atoms. The Bertz CT molecular complexity index is 705. The molecule has 1 aromatic carbocycles. The van der Waals surface area contributed by atoms with Gasteiger partial charge in [-0.05, 0) is 12.1 Å². The number of benzene rings is 1. The number of piperazine rings is 1. The Morgan fingerprint density at radius 2 is 1.77 bits per heavy atom. The molecule has 0 amide bonds. The van der Waals surface area contributed by atoms with E-state index in [1.807, 2.05) is 6.07 Å². The summed E-state index contributed by atoms with van der Waals surface area (Å²) in [4.78, 5) is 14.8. The van der Waals surface area contributed by atoms with Crippen molar-refractivity contribution in [1.82, 2.24) is 0 Å². The highest BCUT2D eigenvalue weighted by Crippen LogP contribution is 2.25. The van der Waals surface area contributed by atoms with Gasteiger partial charge in [-0.2, -0.15) is 0 Å². The van der Waals surface area contributed by atoms with Gasteiger partial charge in [-0.25, -0.2) is 4.79 Å². The molecule has 0 radical (unpaired) electrons. The minimum absolute atomic E-state index is 0.0458. The second-order valence-electron chi connectivity index (χ2n) is 5.86. The van der Waals surface area contributed by atoms with Gasteiger partial charge in [0.15, 0.2) is 0 Å². The summed E-state index contributed by atoms with van der Waals surface area (Å²) in [5, 5.41) is 19.9. The van der Waals surface area contributed by atoms with Crippen LogP contribution in [0.25, 0.3) is 11.0 Å². The molecule has 1 aliphatic rings. The largest absolute Gasteiger partial charge is 0.506 e. The summed E-state index contributed by atoms with van der Waals surface area (Å²) in [7, 11) is 0. The van der Waals surface area contributed by atoms with Crippen LogP contribution in [0.3, 0.4) is 0 Å². The van der Waals surface area contributed by atoms with E-state index in [0.29, 0.717) is 23.1 Å². The van der Waals surface area contributed by atoms with Crippen molar-refractivity contribution >= 4 is 11.0 Å². The molecule has 118 valence electrons. The average molecular weight is 306 g/mol. The monoisotopic (exact) mass is 306 g/mol. The van der Waals surface area contributed by atoms with E-state index in [4.69, 9.17) is 9.52 Å². The van der Waals surface area contributed by atoms with E-state index < -0.39 is 5.63 Å². The van der Waals surface area contributed by atoms with Gasteiger partial charge in [0, 0.05) is 0 Å². The molecule has 1 fully saturated rings. The minimum Gasteiger partial charge on any atom is -0.506 e. The van der Waals surface area contributed by atoms with Crippen molar-refractivity contribution in [3.63, 3.8) is 0 Å². The van der Waals surface area contributed by atoms with Crippen LogP contribution >= 0.6 is 0 Å². The number of fused-ring (bicyclic) bond motifs is 1. The van der Waals surface area contributed by atoms with E-state index in [2.05, 4.69) is 0 Å². The van der Waals surface area contributed by atoms with Gasteiger partial charge in [0.1, 0.15) is 56.2 Å². The number of hydrogen-bond acceptors (Lipinski definition) is 4. The molecular weight excluding hydrogens is 284 g/mol. The summed E-state index contributed by atoms with van der Waals surface area (Å²) in [5.74, 6) is 0.0458. The first-order valence-corrected chi connectivity index (χ1v) is 7.70. The molecule has 4 N–H and O–H groups in total. The highest BCUT2D eigenvalue weighted by atomic mass is 16.4. The average Bonchev–Trinajstić information content (AvgIpc) is 2.53. The predicted octanol–water partition coefficient (Wildman–Crippen LogP) is -2.23. The number of aromatic hydroxyl groups is 1. The van der Waals surface area contributed by atoms with Crippen molar-refractivity contribution in [1.29, 1.82) is 0 Å². The summed E-state index contributed by atoms with van der Waals surface area (Å²) in [6.07, 6.45) is 0. The molecule has 1 aliphatic heterocycles. The number of aliphatic hydroxyl groups is 1. The molecule has 1 aromatic heterocycles. The highest BCUT2D eigenvalue weighted by Gasteiger charge is 2.25. The maximum atomic E-state index is 12.1. The van der Waals surface area contributed by atoms with Gasteiger partial charge in [0.25, 0.3) is 0 Å². The van der Waals surface area contributed by atoms with Crippen LogP contribution in [0.1, 0.15) is 5.56 Å². The molecular formula is C16H22N2O4+2. The number of aliphatic hydroxyl groups excluding tert-OH is 1. The van der Waals surface area contributed by atoms with Crippen LogP contribution in [0.5, 0.6) is 5.75 Å². The SMILES string of the molecule is O=c1oc2ccccc2c(O)c1C[NH+]1CC[NH+](CCO)CC1. The molecule has 6 nitrogen and oxygen atoms in total. The number of quaternary nitrogens is 2. The second-order valence-corrected chi connectivity index (χ2v) is 5.86. The fraction of sp³-hybridized carbons (Fsp3) is 0.438. The van der Waals surface area contributed by atoms with E-state index in [1.54, 1.807) is 18.2 Å². The fourth-order valence-corrected chi connectivity index (χ4v) is 3.12. The molecule has 0 bridgehead atoms. The molecule has 22 heavy (non-hydrogen) atoms. The smallest absolute Gasteiger partial charge is 0.349 e. The quantitative estimate of drug-likeness (QED) is 0.482. The molecule has 2 aromatic rings. The van der Waals surface area contributed by atoms with Gasteiger partial charge in [-0.15, -0.1) is 0 Å². The van der Waals surface area contributed by atoms with E-state index >= 15 is 0 Å². The van der Waals surface area contributed by atoms with E-state index in [0.717, 1.165) is 32.7 Å². The highest BCUT2D eigenvalue weighted by molar-refractivity contribution is 5.83. The maximum Gasteiger partial charge on any atom is 0.349 e. The summed E-state index contributed by atoms with van der Waals surface area (Å²) < 4.78 is 5.31. The summed E-state index contributed by atoms with van der Waals surface area (Å²) >= 11 is 0. The lowest BCUT2D eigenvalue weighted by Gasteiger charge is -2.29. The van der Waals surface area contributed by atoms with Crippen molar-refractivity contribution < 1.29 is 24.4 Å². The van der Waals surface area contributed by atoms with Gasteiger partial charge in [0.2, 0.25) is 0 Å². The van der Waals surface area contributed by atoms with Crippen LogP contribution in [0.4, 0.5) is 0 Å². The molecule has 2 heterocycles. The van der Waals surface area contributed by atoms with Gasteiger partial charge in [-0.3, -0.25) is 0 Å². The normalized spacial score (nSPS) is 22.0. The molecule has 1 saturated heterocycles. The van der Waals surface area contributed by atoms with Crippen LogP contribution < -0.4 is 15.4 Å². The van der Waals surface area contributed by atoms with Gasteiger partial charge < -0.3 is 24.4 Å². The topological polar surface area (TPSA) is 79.5 Å². The van der Waals surface area contributed by atoms with Crippen LogP contribution in [0.15, 0.2) is 33.5 Å². The first-order valence-electron chi connectivity index (χ1n) is 7.70. The second kappa shape index (κ2) is 6.48. The lowest BCUT2D eigenvalue weighted by Crippen LogP contribution is -3.27. The molecule has 0 atom stereocenters. The number of nitrogens with one attached hydrogen (secondary N) is 2. The fourth-order valence-electron chi connectivity index (χ4n) is 3.12. The Morgan fingerprint density at radius 1 is 1.09 bits per heavy atom. The summed E-state index contributed by atoms with van der Waals surface area (Å²) in [6, 6.07) is 7.04. The van der Waals surface area contributed by atoms with E-state index in [1.165, 1.54) is 9.80 Å². The Balaban J connectivity index is 1.79. The number of hydrogen-bond donors (Lipinski definition) is 4.